The molecule has 0 aliphatic carbocycles. The fourth-order valence-electron chi connectivity index (χ4n) is 1.99. The summed E-state index contributed by atoms with van der Waals surface area (Å²) >= 11 is 0. The van der Waals surface area contributed by atoms with Crippen LogP contribution >= 0.6 is 0 Å². The Morgan fingerprint density at radius 3 is 2.44 bits per heavy atom. The zero-order valence-corrected chi connectivity index (χ0v) is 13.5. The average molecular weight is 343 g/mol. The predicted molar refractivity (Wildman–Crippen MR) is 91.0 cm³/mol. The molecule has 0 aromatic heterocycles. The largest absolute Gasteiger partial charge is 0.445 e. The Hall–Kier alpha value is -3.42. The van der Waals surface area contributed by atoms with Crippen molar-refractivity contribution in [2.24, 2.45) is 0 Å². The van der Waals surface area contributed by atoms with Crippen LogP contribution in [0.3, 0.4) is 0 Å². The molecular formula is C17H17N3O5. The number of para-hydroxylation sites is 2. The molecule has 2 amide bonds. The summed E-state index contributed by atoms with van der Waals surface area (Å²) in [5, 5.41) is 15.7. The van der Waals surface area contributed by atoms with Crippen LogP contribution in [0, 0.1) is 10.1 Å². The van der Waals surface area contributed by atoms with Gasteiger partial charge in [0.2, 0.25) is 5.91 Å². The van der Waals surface area contributed by atoms with Crippen molar-refractivity contribution in [1.29, 1.82) is 0 Å². The van der Waals surface area contributed by atoms with Crippen molar-refractivity contribution in [2.45, 2.75) is 19.6 Å². The van der Waals surface area contributed by atoms with Gasteiger partial charge in [-0.25, -0.2) is 4.79 Å². The Kier molecular flexibility index (Phi) is 6.05. The number of nitro groups is 1. The second-order valence-electron chi connectivity index (χ2n) is 5.19. The summed E-state index contributed by atoms with van der Waals surface area (Å²) in [5.41, 5.74) is 0.646. The SMILES string of the molecule is C[C@H](NC(=O)OCc1ccccc1)C(=O)Nc1ccccc1[N+](=O)[O-]. The van der Waals surface area contributed by atoms with Crippen molar-refractivity contribution < 1.29 is 19.2 Å². The zero-order chi connectivity index (χ0) is 18.2. The van der Waals surface area contributed by atoms with Crippen LogP contribution in [-0.4, -0.2) is 23.0 Å². The minimum atomic E-state index is -0.928. The number of hydrogen-bond donors (Lipinski definition) is 2. The molecule has 0 saturated heterocycles. The number of ether oxygens (including phenoxy) is 1. The summed E-state index contributed by atoms with van der Waals surface area (Å²) in [6, 6.07) is 13.9. The van der Waals surface area contributed by atoms with Crippen LogP contribution in [0.1, 0.15) is 12.5 Å². The van der Waals surface area contributed by atoms with E-state index in [2.05, 4.69) is 10.6 Å². The third kappa shape index (κ3) is 5.31. The number of benzene rings is 2. The minimum Gasteiger partial charge on any atom is -0.445 e. The van der Waals surface area contributed by atoms with Crippen LogP contribution in [0.25, 0.3) is 0 Å². The number of anilines is 1. The quantitative estimate of drug-likeness (QED) is 0.619. The second-order valence-corrected chi connectivity index (χ2v) is 5.19. The van der Waals surface area contributed by atoms with E-state index in [9.17, 15) is 19.7 Å². The molecule has 25 heavy (non-hydrogen) atoms. The van der Waals surface area contributed by atoms with Crippen LogP contribution in [0.4, 0.5) is 16.2 Å². The van der Waals surface area contributed by atoms with E-state index in [-0.39, 0.29) is 18.0 Å². The average Bonchev–Trinajstić information content (AvgIpc) is 2.61. The maximum absolute atomic E-state index is 12.1. The maximum Gasteiger partial charge on any atom is 0.408 e. The van der Waals surface area contributed by atoms with Crippen molar-refractivity contribution in [3.63, 3.8) is 0 Å². The number of alkyl carbamates (subject to hydrolysis) is 1. The van der Waals surface area contributed by atoms with Crippen molar-refractivity contribution in [3.8, 4) is 0 Å². The number of hydrogen-bond acceptors (Lipinski definition) is 5. The predicted octanol–water partition coefficient (Wildman–Crippen LogP) is 2.85. The molecule has 8 heteroatoms. The summed E-state index contributed by atoms with van der Waals surface area (Å²) in [4.78, 5) is 34.2. The fraction of sp³-hybridized carbons (Fsp3) is 0.176. The molecular weight excluding hydrogens is 326 g/mol. The first kappa shape index (κ1) is 17.9. The van der Waals surface area contributed by atoms with E-state index in [1.165, 1.54) is 25.1 Å². The first-order valence-electron chi connectivity index (χ1n) is 7.49. The van der Waals surface area contributed by atoms with E-state index in [0.29, 0.717) is 0 Å². The highest BCUT2D eigenvalue weighted by Crippen LogP contribution is 2.23. The highest BCUT2D eigenvalue weighted by molar-refractivity contribution is 5.97. The van der Waals surface area contributed by atoms with Crippen molar-refractivity contribution >= 4 is 23.4 Å². The summed E-state index contributed by atoms with van der Waals surface area (Å²) in [6.07, 6.45) is -0.755. The first-order chi connectivity index (χ1) is 12.0. The lowest BCUT2D eigenvalue weighted by Gasteiger charge is -2.14. The van der Waals surface area contributed by atoms with Crippen molar-refractivity contribution in [1.82, 2.24) is 5.32 Å². The lowest BCUT2D eigenvalue weighted by molar-refractivity contribution is -0.383. The van der Waals surface area contributed by atoms with Crippen LogP contribution < -0.4 is 10.6 Å². The molecule has 0 unspecified atom stereocenters. The number of nitro benzene ring substituents is 1. The molecule has 2 N–H and O–H groups in total. The number of carbonyl (C=O) groups excluding carboxylic acids is 2. The number of nitrogens with one attached hydrogen (secondary N) is 2. The van der Waals surface area contributed by atoms with Crippen LogP contribution in [-0.2, 0) is 16.1 Å². The lowest BCUT2D eigenvalue weighted by atomic mass is 10.2. The number of nitrogens with zero attached hydrogens (tertiary/aromatic N) is 1. The molecule has 1 atom stereocenters. The van der Waals surface area contributed by atoms with Crippen LogP contribution in [0.15, 0.2) is 54.6 Å². The summed E-state index contributed by atoms with van der Waals surface area (Å²) < 4.78 is 5.02. The van der Waals surface area contributed by atoms with Gasteiger partial charge in [0.1, 0.15) is 18.3 Å². The third-order valence-electron chi connectivity index (χ3n) is 3.30. The van der Waals surface area contributed by atoms with Gasteiger partial charge >= 0.3 is 6.09 Å². The van der Waals surface area contributed by atoms with E-state index in [1.807, 2.05) is 18.2 Å². The van der Waals surface area contributed by atoms with Gasteiger partial charge in [-0.1, -0.05) is 42.5 Å². The smallest absolute Gasteiger partial charge is 0.408 e. The van der Waals surface area contributed by atoms with Gasteiger partial charge in [-0.15, -0.1) is 0 Å². The van der Waals surface area contributed by atoms with E-state index in [1.54, 1.807) is 18.2 Å². The Bertz CT molecular complexity index is 764. The Morgan fingerprint density at radius 1 is 1.12 bits per heavy atom. The van der Waals surface area contributed by atoms with Gasteiger partial charge in [0, 0.05) is 6.07 Å². The van der Waals surface area contributed by atoms with Gasteiger partial charge < -0.3 is 15.4 Å². The van der Waals surface area contributed by atoms with Gasteiger partial charge in [0.05, 0.1) is 4.92 Å². The fourth-order valence-corrected chi connectivity index (χ4v) is 1.99. The third-order valence-corrected chi connectivity index (χ3v) is 3.30. The van der Waals surface area contributed by atoms with Gasteiger partial charge in [0.15, 0.2) is 0 Å². The summed E-state index contributed by atoms with van der Waals surface area (Å²) in [6.45, 7) is 1.53. The molecule has 0 aliphatic heterocycles. The molecule has 0 bridgehead atoms. The van der Waals surface area contributed by atoms with E-state index >= 15 is 0 Å². The topological polar surface area (TPSA) is 111 Å². The van der Waals surface area contributed by atoms with E-state index in [4.69, 9.17) is 4.74 Å². The molecule has 0 fully saturated rings. The molecule has 130 valence electrons. The molecule has 2 rings (SSSR count). The molecule has 2 aromatic carbocycles. The van der Waals surface area contributed by atoms with Crippen molar-refractivity contribution in [2.75, 3.05) is 5.32 Å². The standard InChI is InChI=1S/C17H17N3O5/c1-12(18-17(22)25-11-13-7-3-2-4-8-13)16(21)19-14-9-5-6-10-15(14)20(23)24/h2-10,12H,11H2,1H3,(H,18,22)(H,19,21)/t12-/m0/s1. The molecule has 0 radical (unpaired) electrons. The highest BCUT2D eigenvalue weighted by atomic mass is 16.6. The number of amides is 2. The molecule has 0 heterocycles. The Balaban J connectivity index is 1.88. The lowest BCUT2D eigenvalue weighted by Crippen LogP contribution is -2.41. The number of rotatable bonds is 6. The monoisotopic (exact) mass is 343 g/mol. The molecule has 0 spiro atoms. The van der Waals surface area contributed by atoms with Crippen molar-refractivity contribution in [3.05, 3.63) is 70.3 Å². The van der Waals surface area contributed by atoms with Gasteiger partial charge in [-0.3, -0.25) is 14.9 Å². The highest BCUT2D eigenvalue weighted by Gasteiger charge is 2.20. The Morgan fingerprint density at radius 2 is 1.76 bits per heavy atom. The van der Waals surface area contributed by atoms with Gasteiger partial charge in [0.25, 0.3) is 5.69 Å². The zero-order valence-electron chi connectivity index (χ0n) is 13.5. The van der Waals surface area contributed by atoms with Crippen LogP contribution in [0.2, 0.25) is 0 Å². The molecule has 8 nitrogen and oxygen atoms in total. The first-order valence-corrected chi connectivity index (χ1v) is 7.49. The molecule has 0 aliphatic rings. The second kappa shape index (κ2) is 8.44. The summed E-state index contributed by atoms with van der Waals surface area (Å²) in [7, 11) is 0. The Labute approximate surface area is 144 Å². The minimum absolute atomic E-state index is 0.0591. The van der Waals surface area contributed by atoms with E-state index < -0.39 is 23.0 Å². The molecule has 2 aromatic rings. The molecule has 0 saturated carbocycles. The van der Waals surface area contributed by atoms with Crippen LogP contribution in [0.5, 0.6) is 0 Å². The van der Waals surface area contributed by atoms with E-state index in [0.717, 1.165) is 5.56 Å². The van der Waals surface area contributed by atoms with Gasteiger partial charge in [-0.05, 0) is 18.6 Å². The van der Waals surface area contributed by atoms with Gasteiger partial charge in [-0.2, -0.15) is 0 Å². The maximum atomic E-state index is 12.1. The number of carbonyl (C=O) groups is 2. The normalized spacial score (nSPS) is 11.2. The summed E-state index contributed by atoms with van der Waals surface area (Å²) in [5.74, 6) is -0.592.